The number of thiol groups is 1. The van der Waals surface area contributed by atoms with Crippen molar-refractivity contribution in [2.45, 2.75) is 32.4 Å². The van der Waals surface area contributed by atoms with Crippen molar-refractivity contribution >= 4 is 36.3 Å². The van der Waals surface area contributed by atoms with Gasteiger partial charge in [0.25, 0.3) is 0 Å². The third kappa shape index (κ3) is 9.74. The second kappa shape index (κ2) is 10.8. The van der Waals surface area contributed by atoms with E-state index < -0.39 is 35.8 Å². The van der Waals surface area contributed by atoms with Crippen molar-refractivity contribution in [1.82, 2.24) is 16.0 Å². The molecule has 0 aromatic heterocycles. The van der Waals surface area contributed by atoms with Gasteiger partial charge in [0.2, 0.25) is 17.7 Å². The first-order chi connectivity index (χ1) is 10.7. The molecule has 23 heavy (non-hydrogen) atoms. The quantitative estimate of drug-likeness (QED) is 0.254. The molecule has 2 atom stereocenters. The molecule has 0 saturated heterocycles. The van der Waals surface area contributed by atoms with Crippen molar-refractivity contribution < 1.29 is 24.3 Å². The van der Waals surface area contributed by atoms with Crippen LogP contribution >= 0.6 is 12.6 Å². The highest BCUT2D eigenvalue weighted by Crippen LogP contribution is 2.04. The third-order valence-electron chi connectivity index (χ3n) is 2.74. The molecule has 0 aliphatic carbocycles. The molecule has 0 radical (unpaired) electrons. The van der Waals surface area contributed by atoms with Gasteiger partial charge in [-0.25, -0.2) is 4.79 Å². The van der Waals surface area contributed by atoms with E-state index in [-0.39, 0.29) is 31.2 Å². The second-order valence-electron chi connectivity index (χ2n) is 5.37. The number of carbonyl (C=O) groups excluding carboxylic acids is 3. The van der Waals surface area contributed by atoms with Crippen LogP contribution < -0.4 is 21.7 Å². The molecule has 0 aromatic carbocycles. The van der Waals surface area contributed by atoms with E-state index in [1.54, 1.807) is 0 Å². The number of carboxylic acids is 1. The summed E-state index contributed by atoms with van der Waals surface area (Å²) in [6.07, 6.45) is 0.284. The van der Waals surface area contributed by atoms with Gasteiger partial charge >= 0.3 is 5.97 Å². The van der Waals surface area contributed by atoms with Crippen molar-refractivity contribution in [3.8, 4) is 0 Å². The molecule has 2 unspecified atom stereocenters. The molecule has 0 bridgehead atoms. The van der Waals surface area contributed by atoms with Crippen LogP contribution in [0.25, 0.3) is 0 Å². The summed E-state index contributed by atoms with van der Waals surface area (Å²) in [5.74, 6) is -2.63. The van der Waals surface area contributed by atoms with Crippen LogP contribution in [0.4, 0.5) is 0 Å². The van der Waals surface area contributed by atoms with E-state index in [0.717, 1.165) is 0 Å². The summed E-state index contributed by atoms with van der Waals surface area (Å²) in [5.41, 5.74) is 5.41. The number of nitrogens with one attached hydrogen (secondary N) is 3. The molecule has 6 N–H and O–H groups in total. The molecule has 0 aliphatic rings. The van der Waals surface area contributed by atoms with Gasteiger partial charge < -0.3 is 26.8 Å². The number of nitrogens with two attached hydrogens (primary N) is 1. The van der Waals surface area contributed by atoms with Crippen LogP contribution in [0.3, 0.4) is 0 Å². The molecule has 0 saturated carbocycles. The van der Waals surface area contributed by atoms with E-state index >= 15 is 0 Å². The van der Waals surface area contributed by atoms with Gasteiger partial charge in [-0.2, -0.15) is 12.6 Å². The van der Waals surface area contributed by atoms with Crippen molar-refractivity contribution in [2.75, 3.05) is 18.8 Å². The Morgan fingerprint density at radius 2 is 1.65 bits per heavy atom. The number of carboxylic acid groups (broad SMARTS) is 1. The summed E-state index contributed by atoms with van der Waals surface area (Å²) < 4.78 is 0. The molecule has 0 rings (SSSR count). The Bertz CT molecular complexity index is 444. The number of amides is 3. The maximum atomic E-state index is 11.6. The van der Waals surface area contributed by atoms with E-state index in [1.165, 1.54) is 0 Å². The number of aliphatic carboxylic acids is 1. The highest BCUT2D eigenvalue weighted by molar-refractivity contribution is 7.80. The number of hydrogen-bond acceptors (Lipinski definition) is 6. The Hall–Kier alpha value is -1.81. The van der Waals surface area contributed by atoms with Gasteiger partial charge in [-0.3, -0.25) is 14.4 Å². The Morgan fingerprint density at radius 3 is 2.13 bits per heavy atom. The molecule has 9 nitrogen and oxygen atoms in total. The zero-order chi connectivity index (χ0) is 18.0. The van der Waals surface area contributed by atoms with Gasteiger partial charge in [-0.1, -0.05) is 13.8 Å². The van der Waals surface area contributed by atoms with Crippen LogP contribution in [0.5, 0.6) is 0 Å². The summed E-state index contributed by atoms with van der Waals surface area (Å²) in [5, 5.41) is 15.9. The molecule has 0 fully saturated rings. The van der Waals surface area contributed by atoms with Gasteiger partial charge in [-0.05, 0) is 12.3 Å². The summed E-state index contributed by atoms with van der Waals surface area (Å²) in [6, 6.07) is -1.82. The maximum Gasteiger partial charge on any atom is 0.326 e. The van der Waals surface area contributed by atoms with Crippen LogP contribution in [-0.2, 0) is 19.2 Å². The predicted octanol–water partition coefficient (Wildman–Crippen LogP) is -1.91. The average molecular weight is 348 g/mol. The molecule has 10 heteroatoms. The maximum absolute atomic E-state index is 11.6. The minimum atomic E-state index is -1.13. The molecule has 0 spiro atoms. The first kappa shape index (κ1) is 21.2. The first-order valence-corrected chi connectivity index (χ1v) is 7.73. The van der Waals surface area contributed by atoms with E-state index in [4.69, 9.17) is 10.8 Å². The predicted molar refractivity (Wildman–Crippen MR) is 86.9 cm³/mol. The summed E-state index contributed by atoms with van der Waals surface area (Å²) in [6.45, 7) is 2.96. The van der Waals surface area contributed by atoms with Crippen LogP contribution in [0.2, 0.25) is 0 Å². The molecule has 0 aliphatic heterocycles. The summed E-state index contributed by atoms with van der Waals surface area (Å²) in [7, 11) is 0. The van der Waals surface area contributed by atoms with Crippen LogP contribution in [0.15, 0.2) is 0 Å². The van der Waals surface area contributed by atoms with E-state index in [9.17, 15) is 19.2 Å². The second-order valence-corrected chi connectivity index (χ2v) is 5.74. The first-order valence-electron chi connectivity index (χ1n) is 7.10. The largest absolute Gasteiger partial charge is 0.480 e. The zero-order valence-electron chi connectivity index (χ0n) is 13.2. The number of rotatable bonds is 10. The molecule has 132 valence electrons. The van der Waals surface area contributed by atoms with Crippen LogP contribution in [0.1, 0.15) is 20.3 Å². The lowest BCUT2D eigenvalue weighted by Gasteiger charge is -2.16. The average Bonchev–Trinajstić information content (AvgIpc) is 2.48. The highest BCUT2D eigenvalue weighted by atomic mass is 32.1. The lowest BCUT2D eigenvalue weighted by molar-refractivity contribution is -0.142. The monoisotopic (exact) mass is 348 g/mol. The third-order valence-corrected chi connectivity index (χ3v) is 3.14. The summed E-state index contributed by atoms with van der Waals surface area (Å²) in [4.78, 5) is 45.4. The standard InChI is InChI=1S/C13H24N4O5S/c1-7(2)3-9(13(21)22)17-11(19)5-15-10(18)4-16-12(20)8(14)6-23/h7-9,23H,3-6,14H2,1-2H3,(H,15,18)(H,16,20)(H,17,19)(H,21,22). The number of carbonyl (C=O) groups is 4. The van der Waals surface area contributed by atoms with E-state index in [0.29, 0.717) is 0 Å². The SMILES string of the molecule is CC(C)CC(NC(=O)CNC(=O)CNC(=O)C(N)CS)C(=O)O. The van der Waals surface area contributed by atoms with Gasteiger partial charge in [0.15, 0.2) is 0 Å². The summed E-state index contributed by atoms with van der Waals surface area (Å²) >= 11 is 3.85. The molecule has 0 heterocycles. The fourth-order valence-corrected chi connectivity index (χ4v) is 1.73. The molecular weight excluding hydrogens is 324 g/mol. The van der Waals surface area contributed by atoms with Gasteiger partial charge in [-0.15, -0.1) is 0 Å². The minimum Gasteiger partial charge on any atom is -0.480 e. The van der Waals surface area contributed by atoms with Crippen LogP contribution in [0, 0.1) is 5.92 Å². The van der Waals surface area contributed by atoms with E-state index in [1.807, 2.05) is 13.8 Å². The van der Waals surface area contributed by atoms with Gasteiger partial charge in [0, 0.05) is 5.75 Å². The van der Waals surface area contributed by atoms with Gasteiger partial charge in [0.1, 0.15) is 6.04 Å². The minimum absolute atomic E-state index is 0.0947. The fourth-order valence-electron chi connectivity index (χ4n) is 1.56. The Morgan fingerprint density at radius 1 is 1.09 bits per heavy atom. The molecular formula is C13H24N4O5S. The van der Waals surface area contributed by atoms with Crippen LogP contribution in [-0.4, -0.2) is 59.7 Å². The van der Waals surface area contributed by atoms with Crippen molar-refractivity contribution in [3.05, 3.63) is 0 Å². The van der Waals surface area contributed by atoms with Crippen molar-refractivity contribution in [3.63, 3.8) is 0 Å². The topological polar surface area (TPSA) is 151 Å². The normalized spacial score (nSPS) is 13.1. The fraction of sp³-hybridized carbons (Fsp3) is 0.692. The molecule has 3 amide bonds. The van der Waals surface area contributed by atoms with Crippen molar-refractivity contribution in [2.24, 2.45) is 11.7 Å². The zero-order valence-corrected chi connectivity index (χ0v) is 14.1. The smallest absolute Gasteiger partial charge is 0.326 e. The molecule has 0 aromatic rings. The highest BCUT2D eigenvalue weighted by Gasteiger charge is 2.21. The van der Waals surface area contributed by atoms with E-state index in [2.05, 4.69) is 28.6 Å². The lowest BCUT2D eigenvalue weighted by atomic mass is 10.0. The Labute approximate surface area is 140 Å². The van der Waals surface area contributed by atoms with Crippen molar-refractivity contribution in [1.29, 1.82) is 0 Å². The lowest BCUT2D eigenvalue weighted by Crippen LogP contribution is -2.49. The van der Waals surface area contributed by atoms with Gasteiger partial charge in [0.05, 0.1) is 19.1 Å². The number of hydrogen-bond donors (Lipinski definition) is 6. The Kier molecular flexibility index (Phi) is 9.99. The Balaban J connectivity index is 4.14.